The Morgan fingerprint density at radius 3 is 1.55 bits per heavy atom. The van der Waals surface area contributed by atoms with Crippen molar-refractivity contribution in [1.29, 1.82) is 0 Å². The number of hydrogen-bond acceptors (Lipinski definition) is 12. The van der Waals surface area contributed by atoms with E-state index < -0.39 is 11.2 Å². The molecule has 386 valence electrons. The third kappa shape index (κ3) is 14.0. The number of nitrogens with zero attached hydrogens (tertiary/aromatic N) is 10. The first-order valence-corrected chi connectivity index (χ1v) is 25.2. The highest BCUT2D eigenvalue weighted by molar-refractivity contribution is 9.10. The number of benzene rings is 2. The van der Waals surface area contributed by atoms with E-state index in [1.807, 2.05) is 168 Å². The third-order valence-electron chi connectivity index (χ3n) is 12.0. The normalized spacial score (nSPS) is 13.9. The molecule has 1 saturated heterocycles. The van der Waals surface area contributed by atoms with Gasteiger partial charge < -0.3 is 28.6 Å². The summed E-state index contributed by atoms with van der Waals surface area (Å²) in [5, 5.41) is 11.1. The van der Waals surface area contributed by atoms with Crippen LogP contribution in [0.4, 0.5) is 9.59 Å². The predicted molar refractivity (Wildman–Crippen MR) is 293 cm³/mol. The number of hydrogen-bond donors (Lipinski definition) is 0. The quantitative estimate of drug-likeness (QED) is 0.105. The van der Waals surface area contributed by atoms with Crippen molar-refractivity contribution >= 4 is 62.5 Å². The largest absolute Gasteiger partial charge is 0.494 e. The number of carbonyl (C=O) groups is 2. The Morgan fingerprint density at radius 2 is 1.07 bits per heavy atom. The Kier molecular flexibility index (Phi) is 16.4. The highest BCUT2D eigenvalue weighted by Gasteiger charge is 2.51. The number of ether oxygens (including phenoxy) is 2. The van der Waals surface area contributed by atoms with E-state index in [1.165, 1.54) is 9.80 Å². The van der Waals surface area contributed by atoms with Crippen molar-refractivity contribution in [2.24, 2.45) is 0 Å². The second kappa shape index (κ2) is 22.2. The lowest BCUT2D eigenvalue weighted by atomic mass is 9.79. The van der Waals surface area contributed by atoms with Crippen molar-refractivity contribution in [1.82, 2.24) is 49.3 Å². The fourth-order valence-electron chi connectivity index (χ4n) is 7.56. The summed E-state index contributed by atoms with van der Waals surface area (Å²) in [4.78, 5) is 45.2. The first-order chi connectivity index (χ1) is 34.7. The van der Waals surface area contributed by atoms with Gasteiger partial charge in [0.1, 0.15) is 15.8 Å². The number of fused-ring (bicyclic) bond motifs is 2. The molecule has 1 aliphatic rings. The molecule has 0 atom stereocenters. The summed E-state index contributed by atoms with van der Waals surface area (Å²) in [5.41, 5.74) is 6.49. The summed E-state index contributed by atoms with van der Waals surface area (Å²) in [5.74, 6) is 1.58. The summed E-state index contributed by atoms with van der Waals surface area (Å²) in [6.07, 6.45) is 2.97. The molecule has 2 amide bonds. The maximum Gasteiger partial charge on any atom is 0.494 e. The Labute approximate surface area is 442 Å². The average molecular weight is 1070 g/mol. The van der Waals surface area contributed by atoms with Gasteiger partial charge >= 0.3 is 19.3 Å². The highest BCUT2D eigenvalue weighted by Crippen LogP contribution is 2.37. The van der Waals surface area contributed by atoms with Gasteiger partial charge in [-0.05, 0) is 165 Å². The second-order valence-electron chi connectivity index (χ2n) is 21.2. The van der Waals surface area contributed by atoms with Crippen molar-refractivity contribution in [3.05, 3.63) is 149 Å². The minimum atomic E-state index is -0.537. The van der Waals surface area contributed by atoms with Crippen LogP contribution in [0.2, 0.25) is 0 Å². The first kappa shape index (κ1) is 54.8. The lowest BCUT2D eigenvalue weighted by molar-refractivity contribution is 0.00578. The Bertz CT molecular complexity index is 3260. The summed E-state index contributed by atoms with van der Waals surface area (Å²) in [6, 6.07) is 35.5. The molecule has 0 radical (unpaired) electrons. The van der Waals surface area contributed by atoms with E-state index in [0.29, 0.717) is 13.1 Å². The zero-order valence-corrected chi connectivity index (χ0v) is 46.4. The molecule has 74 heavy (non-hydrogen) atoms. The molecular formula is C56H66BBrN10O6. The van der Waals surface area contributed by atoms with Crippen LogP contribution in [0.25, 0.3) is 44.7 Å². The summed E-state index contributed by atoms with van der Waals surface area (Å²) >= 11 is 3.29. The Balaban J connectivity index is 0.000000170. The lowest BCUT2D eigenvalue weighted by Crippen LogP contribution is -2.41. The first-order valence-electron chi connectivity index (χ1n) is 24.4. The van der Waals surface area contributed by atoms with Crippen LogP contribution in [0, 0.1) is 13.8 Å². The van der Waals surface area contributed by atoms with Gasteiger partial charge in [-0.1, -0.05) is 48.5 Å². The minimum Gasteiger partial charge on any atom is -0.444 e. The van der Waals surface area contributed by atoms with Gasteiger partial charge in [0, 0.05) is 41.8 Å². The van der Waals surface area contributed by atoms with Crippen LogP contribution in [0.15, 0.2) is 126 Å². The lowest BCUT2D eigenvalue weighted by Gasteiger charge is -2.32. The van der Waals surface area contributed by atoms with Crippen molar-refractivity contribution < 1.29 is 28.4 Å². The number of aromatic nitrogens is 8. The van der Waals surface area contributed by atoms with E-state index in [-0.39, 0.29) is 30.5 Å². The fourth-order valence-corrected chi connectivity index (χ4v) is 7.94. The van der Waals surface area contributed by atoms with Gasteiger partial charge in [-0.15, -0.1) is 0 Å². The molecule has 16 nitrogen and oxygen atoms in total. The number of amides is 2. The zero-order valence-electron chi connectivity index (χ0n) is 44.8. The summed E-state index contributed by atoms with van der Waals surface area (Å²) < 4.78 is 27.5. The van der Waals surface area contributed by atoms with Crippen LogP contribution in [0.5, 0.6) is 0 Å². The molecule has 6 aromatic heterocycles. The maximum atomic E-state index is 12.3. The Hall–Kier alpha value is -7.02. The van der Waals surface area contributed by atoms with Gasteiger partial charge in [0.05, 0.1) is 64.8 Å². The summed E-state index contributed by atoms with van der Waals surface area (Å²) in [7, 11) is 3.02. The van der Waals surface area contributed by atoms with Gasteiger partial charge in [-0.2, -0.15) is 10.2 Å². The number of carbonyl (C=O) groups excluding carboxylic acids is 2. The van der Waals surface area contributed by atoms with Gasteiger partial charge in [0.25, 0.3) is 0 Å². The SMILES string of the molecule is CN(Cc1cccc(Br)n1)C(=O)OC(C)(C)C.Cc1cccc(-n2ncc3ccc(-c4cccc(CN(C)C(=O)OC(C)(C)C)n4)cc32)n1.Cc1cccc(-n2ncc3ccc(B4OC(C)(C)C(C)(C)O4)cc32)n1. The molecule has 9 rings (SSSR count). The van der Waals surface area contributed by atoms with Gasteiger partial charge in [-0.25, -0.2) is 33.9 Å². The number of aryl methyl sites for hydroxylation is 2. The van der Waals surface area contributed by atoms with Gasteiger partial charge in [-0.3, -0.25) is 4.98 Å². The predicted octanol–water partition coefficient (Wildman–Crippen LogP) is 11.4. The monoisotopic (exact) mass is 1060 g/mol. The van der Waals surface area contributed by atoms with Crippen molar-refractivity contribution in [3.63, 3.8) is 0 Å². The fraction of sp³-hybridized carbons (Fsp3) is 0.357. The maximum absolute atomic E-state index is 12.3. The van der Waals surface area contributed by atoms with E-state index in [1.54, 1.807) is 14.1 Å². The minimum absolute atomic E-state index is 0.348. The van der Waals surface area contributed by atoms with Crippen molar-refractivity contribution in [2.75, 3.05) is 14.1 Å². The van der Waals surface area contributed by atoms with Crippen LogP contribution < -0.4 is 5.46 Å². The van der Waals surface area contributed by atoms with Crippen LogP contribution in [0.1, 0.15) is 92.0 Å². The molecular weight excluding hydrogens is 999 g/mol. The van der Waals surface area contributed by atoms with E-state index in [9.17, 15) is 9.59 Å². The molecule has 2 aromatic carbocycles. The van der Waals surface area contributed by atoms with E-state index in [2.05, 4.69) is 87.0 Å². The molecule has 8 aromatic rings. The molecule has 18 heteroatoms. The van der Waals surface area contributed by atoms with Gasteiger partial charge in [0.2, 0.25) is 0 Å². The molecule has 1 aliphatic heterocycles. The molecule has 0 saturated carbocycles. The highest BCUT2D eigenvalue weighted by atomic mass is 79.9. The molecule has 0 unspecified atom stereocenters. The smallest absolute Gasteiger partial charge is 0.444 e. The van der Waals surface area contributed by atoms with E-state index in [0.717, 1.165) is 77.5 Å². The van der Waals surface area contributed by atoms with Crippen LogP contribution >= 0.6 is 15.9 Å². The molecule has 0 N–H and O–H groups in total. The molecule has 0 spiro atoms. The van der Waals surface area contributed by atoms with Gasteiger partial charge in [0.15, 0.2) is 11.6 Å². The van der Waals surface area contributed by atoms with Crippen molar-refractivity contribution in [3.8, 4) is 22.9 Å². The second-order valence-corrected chi connectivity index (χ2v) is 22.0. The van der Waals surface area contributed by atoms with Crippen LogP contribution in [-0.2, 0) is 31.9 Å². The van der Waals surface area contributed by atoms with Crippen LogP contribution in [0.3, 0.4) is 0 Å². The molecule has 1 fully saturated rings. The number of halogens is 1. The number of pyridine rings is 4. The molecule has 7 heterocycles. The standard InChI is InChI=1S/C25H27N5O2.C19H22BN3O2.C12H17BrN2O2/c1-17-8-6-11-23(27-17)30-22-14-18(12-13-19(22)15-26-30)21-10-7-9-20(28-21)16-29(5)24(31)32-25(2,3)4;1-13-7-6-8-17(22-13)23-16-11-15(10-9-14(16)12-21-23)20-24-18(2,3)19(4,5)25-20;1-12(2,3)17-11(16)15(4)8-9-6-5-7-10(13)14-9/h6-15H,16H2,1-5H3;6-12H,1-5H3;5-7H,8H2,1-4H3. The van der Waals surface area contributed by atoms with E-state index in [4.69, 9.17) is 23.8 Å². The topological polar surface area (TPSA) is 165 Å². The average Bonchev–Trinajstić information content (AvgIpc) is 4.00. The molecule has 0 aliphatic carbocycles. The van der Waals surface area contributed by atoms with E-state index >= 15 is 0 Å². The third-order valence-corrected chi connectivity index (χ3v) is 12.4. The zero-order chi connectivity index (χ0) is 53.8. The Morgan fingerprint density at radius 1 is 0.608 bits per heavy atom. The number of rotatable bonds is 8. The van der Waals surface area contributed by atoms with Crippen LogP contribution in [-0.4, -0.2) is 105 Å². The molecule has 0 bridgehead atoms. The summed E-state index contributed by atoms with van der Waals surface area (Å²) in [6.45, 7) is 24.1. The van der Waals surface area contributed by atoms with Crippen molar-refractivity contribution in [2.45, 2.75) is 119 Å².